The van der Waals surface area contributed by atoms with Crippen LogP contribution in [0.2, 0.25) is 5.02 Å². The standard InChI is InChI=1S/C30H23ClF2N4O5/c1-4-22(39)36-13-19-20(14-38)35-9-10-41-30-29(35)28(37(19)12-15(36)3)16-11-17(31)24(26(33)27(16)34-30)25-18(32)7-6-8-21(25)42-23(40)5-2/h4-8,11,15,19H,1-2,9-10,12-13H2,3H3/t15-,19-/m1/s1. The molecule has 214 valence electrons. The molecule has 3 aromatic rings. The first-order valence-corrected chi connectivity index (χ1v) is 13.4. The Hall–Kier alpha value is -4.73. The number of rotatable bonds is 4. The minimum absolute atomic E-state index is 0.0752. The maximum Gasteiger partial charge on any atom is 0.335 e. The number of pyridine rings is 1. The zero-order chi connectivity index (χ0) is 29.9. The minimum atomic E-state index is -0.958. The first kappa shape index (κ1) is 27.4. The maximum absolute atomic E-state index is 16.6. The van der Waals surface area contributed by atoms with E-state index >= 15 is 8.78 Å². The summed E-state index contributed by atoms with van der Waals surface area (Å²) in [6.45, 7) is 9.68. The molecular weight excluding hydrogens is 570 g/mol. The molecule has 3 aliphatic rings. The van der Waals surface area contributed by atoms with Crippen molar-refractivity contribution < 1.29 is 32.6 Å². The number of nitrogens with zero attached hydrogens (tertiary/aromatic N) is 4. The number of fused-ring (bicyclic) bond motifs is 4. The number of hydrogen-bond acceptors (Lipinski definition) is 8. The van der Waals surface area contributed by atoms with Gasteiger partial charge >= 0.3 is 5.97 Å². The molecule has 0 spiro atoms. The minimum Gasteiger partial charge on any atom is -0.474 e. The molecule has 12 heteroatoms. The van der Waals surface area contributed by atoms with Crippen molar-refractivity contribution in [3.63, 3.8) is 0 Å². The van der Waals surface area contributed by atoms with E-state index < -0.39 is 23.6 Å². The summed E-state index contributed by atoms with van der Waals surface area (Å²) in [5.41, 5.74) is 0.386. The van der Waals surface area contributed by atoms with Crippen LogP contribution in [0.1, 0.15) is 6.92 Å². The zero-order valence-electron chi connectivity index (χ0n) is 22.3. The van der Waals surface area contributed by atoms with Gasteiger partial charge < -0.3 is 24.2 Å². The highest BCUT2D eigenvalue weighted by molar-refractivity contribution is 6.34. The molecule has 3 aliphatic heterocycles. The third-order valence-corrected chi connectivity index (χ3v) is 8.01. The van der Waals surface area contributed by atoms with Gasteiger partial charge in [0.1, 0.15) is 41.0 Å². The van der Waals surface area contributed by atoms with Gasteiger partial charge in [0.15, 0.2) is 5.82 Å². The van der Waals surface area contributed by atoms with Crippen LogP contribution < -0.4 is 19.3 Å². The van der Waals surface area contributed by atoms with Crippen LogP contribution in [0.15, 0.2) is 55.3 Å². The number of carbonyl (C=O) groups is 2. The Balaban J connectivity index is 1.62. The molecule has 0 saturated carbocycles. The van der Waals surface area contributed by atoms with Gasteiger partial charge in [-0.2, -0.15) is 0 Å². The van der Waals surface area contributed by atoms with E-state index in [0.717, 1.165) is 12.1 Å². The second-order valence-electron chi connectivity index (χ2n) is 10.00. The lowest BCUT2D eigenvalue weighted by molar-refractivity contribution is -0.129. The van der Waals surface area contributed by atoms with E-state index in [1.165, 1.54) is 24.3 Å². The molecule has 1 saturated heterocycles. The third-order valence-electron chi connectivity index (χ3n) is 7.71. The molecule has 42 heavy (non-hydrogen) atoms. The smallest absolute Gasteiger partial charge is 0.335 e. The summed E-state index contributed by atoms with van der Waals surface area (Å²) in [7, 11) is 0. The van der Waals surface area contributed by atoms with E-state index in [0.29, 0.717) is 29.0 Å². The molecule has 0 radical (unpaired) electrons. The van der Waals surface area contributed by atoms with Crippen molar-refractivity contribution in [2.75, 3.05) is 36.0 Å². The van der Waals surface area contributed by atoms with Crippen LogP contribution in [0.25, 0.3) is 22.0 Å². The highest BCUT2D eigenvalue weighted by Crippen LogP contribution is 2.53. The van der Waals surface area contributed by atoms with Crippen molar-refractivity contribution >= 4 is 51.7 Å². The van der Waals surface area contributed by atoms with E-state index in [1.54, 1.807) is 9.80 Å². The Kier molecular flexibility index (Phi) is 6.71. The van der Waals surface area contributed by atoms with E-state index in [1.807, 2.05) is 17.8 Å². The van der Waals surface area contributed by atoms with Crippen molar-refractivity contribution in [1.29, 1.82) is 0 Å². The van der Waals surface area contributed by atoms with E-state index in [-0.39, 0.29) is 64.9 Å². The van der Waals surface area contributed by atoms with Crippen molar-refractivity contribution in [2.24, 2.45) is 0 Å². The number of carbonyl (C=O) groups excluding carboxylic acids is 3. The number of aromatic nitrogens is 1. The second-order valence-corrected chi connectivity index (χ2v) is 10.4. The summed E-state index contributed by atoms with van der Waals surface area (Å²) in [6.07, 6.45) is 2.12. The van der Waals surface area contributed by atoms with Gasteiger partial charge in [0.25, 0.3) is 0 Å². The highest BCUT2D eigenvalue weighted by atomic mass is 35.5. The van der Waals surface area contributed by atoms with Crippen LogP contribution in [-0.2, 0) is 14.4 Å². The number of esters is 1. The first-order chi connectivity index (χ1) is 20.2. The second kappa shape index (κ2) is 10.3. The lowest BCUT2D eigenvalue weighted by atomic mass is 9.94. The Morgan fingerprint density at radius 2 is 1.98 bits per heavy atom. The summed E-state index contributed by atoms with van der Waals surface area (Å²) >= 11 is 6.68. The fourth-order valence-corrected chi connectivity index (χ4v) is 6.18. The van der Waals surface area contributed by atoms with Gasteiger partial charge in [-0.1, -0.05) is 30.8 Å². The summed E-state index contributed by atoms with van der Waals surface area (Å²) in [6, 6.07) is 4.28. The maximum atomic E-state index is 16.6. The van der Waals surface area contributed by atoms with Crippen LogP contribution in [0, 0.1) is 11.6 Å². The Bertz CT molecular complexity index is 1770. The van der Waals surface area contributed by atoms with E-state index in [4.69, 9.17) is 21.1 Å². The molecular formula is C30H23ClF2N4O5. The van der Waals surface area contributed by atoms with Crippen molar-refractivity contribution in [3.05, 3.63) is 71.9 Å². The number of anilines is 2. The SMILES string of the molecule is C=CC(=O)Oc1cccc(F)c1-c1c(Cl)cc2c3c4c(nc2c1F)OCCN4C(=C=O)[C@H]1CN(C(=O)C=C)[C@H](C)CN31. The Labute approximate surface area is 243 Å². The normalized spacial score (nSPS) is 19.0. The van der Waals surface area contributed by atoms with Gasteiger partial charge in [-0.05, 0) is 31.2 Å². The molecule has 0 unspecified atom stereocenters. The fraction of sp³-hybridized carbons (Fsp3) is 0.233. The van der Waals surface area contributed by atoms with Crippen molar-refractivity contribution in [3.8, 4) is 22.8 Å². The van der Waals surface area contributed by atoms with Gasteiger partial charge in [0.2, 0.25) is 11.8 Å². The summed E-state index contributed by atoms with van der Waals surface area (Å²) in [4.78, 5) is 46.6. The molecule has 1 fully saturated rings. The lowest BCUT2D eigenvalue weighted by Crippen LogP contribution is -2.63. The largest absolute Gasteiger partial charge is 0.474 e. The zero-order valence-corrected chi connectivity index (χ0v) is 23.1. The fourth-order valence-electron chi connectivity index (χ4n) is 5.90. The molecule has 9 nitrogen and oxygen atoms in total. The summed E-state index contributed by atoms with van der Waals surface area (Å²) < 4.78 is 42.8. The molecule has 4 heterocycles. The number of piperazine rings is 1. The average molecular weight is 593 g/mol. The number of amides is 1. The Morgan fingerprint density at radius 3 is 2.69 bits per heavy atom. The Morgan fingerprint density at radius 1 is 1.19 bits per heavy atom. The number of ether oxygens (including phenoxy) is 2. The third kappa shape index (κ3) is 4.04. The number of hydrogen-bond donors (Lipinski definition) is 0. The first-order valence-electron chi connectivity index (χ1n) is 13.0. The lowest BCUT2D eigenvalue weighted by Gasteiger charge is -2.52. The average Bonchev–Trinajstić information content (AvgIpc) is 2.98. The van der Waals surface area contributed by atoms with Crippen LogP contribution in [0.5, 0.6) is 11.6 Å². The number of halogens is 3. The number of benzene rings is 2. The van der Waals surface area contributed by atoms with Gasteiger partial charge in [-0.3, -0.25) is 4.79 Å². The molecule has 0 N–H and O–H groups in total. The van der Waals surface area contributed by atoms with Gasteiger partial charge in [-0.25, -0.2) is 23.4 Å². The molecule has 0 bridgehead atoms. The monoisotopic (exact) mass is 592 g/mol. The predicted octanol–water partition coefficient (Wildman–Crippen LogP) is 4.44. The van der Waals surface area contributed by atoms with Crippen LogP contribution in [0.3, 0.4) is 0 Å². The van der Waals surface area contributed by atoms with E-state index in [9.17, 15) is 14.4 Å². The van der Waals surface area contributed by atoms with Gasteiger partial charge in [0.05, 0.1) is 28.9 Å². The predicted molar refractivity (Wildman–Crippen MR) is 152 cm³/mol. The molecule has 0 aliphatic carbocycles. The van der Waals surface area contributed by atoms with E-state index in [2.05, 4.69) is 18.1 Å². The van der Waals surface area contributed by atoms with Crippen molar-refractivity contribution in [2.45, 2.75) is 19.0 Å². The summed E-state index contributed by atoms with van der Waals surface area (Å²) in [5, 5.41) is 0.131. The molecule has 2 aromatic carbocycles. The topological polar surface area (TPSA) is 92.3 Å². The quantitative estimate of drug-likeness (QED) is 0.190. The highest BCUT2D eigenvalue weighted by Gasteiger charge is 2.46. The molecule has 1 amide bonds. The van der Waals surface area contributed by atoms with Gasteiger partial charge in [0, 0.05) is 36.2 Å². The molecule has 2 atom stereocenters. The van der Waals surface area contributed by atoms with Crippen molar-refractivity contribution in [1.82, 2.24) is 9.88 Å². The van der Waals surface area contributed by atoms with Gasteiger partial charge in [-0.15, -0.1) is 0 Å². The van der Waals surface area contributed by atoms with Crippen LogP contribution >= 0.6 is 11.6 Å². The van der Waals surface area contributed by atoms with Crippen LogP contribution in [0.4, 0.5) is 20.2 Å². The molecule has 1 aromatic heterocycles. The van der Waals surface area contributed by atoms with Crippen LogP contribution in [-0.4, -0.2) is 66.0 Å². The molecule has 6 rings (SSSR count). The summed E-state index contributed by atoms with van der Waals surface area (Å²) in [5.74, 6) is -1.10.